The van der Waals surface area contributed by atoms with Crippen molar-refractivity contribution in [2.24, 2.45) is 0 Å². The molecule has 0 radical (unpaired) electrons. The van der Waals surface area contributed by atoms with Gasteiger partial charge in [0.1, 0.15) is 6.04 Å². The van der Waals surface area contributed by atoms with Gasteiger partial charge in [0.05, 0.1) is 6.10 Å². The zero-order chi connectivity index (χ0) is 12.9. The fourth-order valence-corrected chi connectivity index (χ4v) is 0.941. The average Bonchev–Trinajstić information content (AvgIpc) is 2.50. The summed E-state index contributed by atoms with van der Waals surface area (Å²) >= 11 is 0. The summed E-state index contributed by atoms with van der Waals surface area (Å²) in [6.07, 6.45) is -5.25. The molecule has 0 aromatic carbocycles. The number of carbonyl (C=O) groups is 2. The Morgan fingerprint density at radius 2 is 1.69 bits per heavy atom. The summed E-state index contributed by atoms with van der Waals surface area (Å²) < 4.78 is 31.7. The molecule has 0 amide bonds. The summed E-state index contributed by atoms with van der Waals surface area (Å²) in [7, 11) is 0. The molecule has 1 heterocycles. The van der Waals surface area contributed by atoms with Crippen LogP contribution in [0.5, 0.6) is 0 Å². The van der Waals surface area contributed by atoms with Crippen molar-refractivity contribution in [1.29, 1.82) is 0 Å². The van der Waals surface area contributed by atoms with Gasteiger partial charge in [0.2, 0.25) is 0 Å². The van der Waals surface area contributed by atoms with E-state index in [-0.39, 0.29) is 0 Å². The summed E-state index contributed by atoms with van der Waals surface area (Å²) in [6.45, 7) is 0.595. The molecule has 0 saturated carbocycles. The molecule has 0 bridgehead atoms. The first-order valence-corrected chi connectivity index (χ1v) is 4.10. The molecule has 4 N–H and O–H groups in total. The number of rotatable bonds is 1. The van der Waals surface area contributed by atoms with Crippen LogP contribution in [0.3, 0.4) is 0 Å². The minimum atomic E-state index is -5.08. The zero-order valence-corrected chi connectivity index (χ0v) is 7.86. The molecular weight excluding hydrogens is 235 g/mol. The van der Waals surface area contributed by atoms with Crippen molar-refractivity contribution in [2.45, 2.75) is 24.7 Å². The number of nitrogens with one attached hydrogen (secondary N) is 1. The predicted molar refractivity (Wildman–Crippen MR) is 43.7 cm³/mol. The van der Waals surface area contributed by atoms with E-state index in [0.717, 1.165) is 0 Å². The molecule has 9 heteroatoms. The quantitative estimate of drug-likeness (QED) is 0.492. The molecule has 1 saturated heterocycles. The van der Waals surface area contributed by atoms with Gasteiger partial charge in [-0.2, -0.15) is 13.2 Å². The molecule has 0 aromatic rings. The molecule has 0 unspecified atom stereocenters. The van der Waals surface area contributed by atoms with Crippen LogP contribution in [-0.4, -0.2) is 52.1 Å². The molecule has 2 atom stereocenters. The number of aliphatic hydroxyl groups is 1. The Morgan fingerprint density at radius 3 is 1.81 bits per heavy atom. The molecule has 0 spiro atoms. The fourth-order valence-electron chi connectivity index (χ4n) is 0.941. The van der Waals surface area contributed by atoms with E-state index in [1.54, 1.807) is 0 Å². The van der Waals surface area contributed by atoms with E-state index in [1.807, 2.05) is 0 Å². The van der Waals surface area contributed by atoms with Gasteiger partial charge >= 0.3 is 18.1 Å². The van der Waals surface area contributed by atoms with Gasteiger partial charge in [-0.15, -0.1) is 0 Å². The van der Waals surface area contributed by atoms with E-state index < -0.39 is 30.3 Å². The largest absolute Gasteiger partial charge is 0.490 e. The maximum absolute atomic E-state index is 10.6. The van der Waals surface area contributed by atoms with Crippen LogP contribution < -0.4 is 5.32 Å². The van der Waals surface area contributed by atoms with E-state index in [1.165, 1.54) is 0 Å². The second kappa shape index (κ2) is 5.66. The van der Waals surface area contributed by atoms with Gasteiger partial charge < -0.3 is 20.6 Å². The Morgan fingerprint density at radius 1 is 1.25 bits per heavy atom. The van der Waals surface area contributed by atoms with Crippen LogP contribution in [0.15, 0.2) is 0 Å². The molecule has 6 nitrogen and oxygen atoms in total. The summed E-state index contributed by atoms with van der Waals surface area (Å²) in [4.78, 5) is 19.1. The van der Waals surface area contributed by atoms with Crippen LogP contribution in [0.4, 0.5) is 13.2 Å². The van der Waals surface area contributed by atoms with Crippen molar-refractivity contribution < 1.29 is 38.1 Å². The average molecular weight is 245 g/mol. The number of aliphatic hydroxyl groups excluding tert-OH is 1. The summed E-state index contributed by atoms with van der Waals surface area (Å²) in [5.74, 6) is -3.73. The van der Waals surface area contributed by atoms with Crippen LogP contribution in [0.2, 0.25) is 0 Å². The normalized spacial score (nSPS) is 24.5. The van der Waals surface area contributed by atoms with E-state index in [2.05, 4.69) is 5.32 Å². The number of carboxylic acids is 2. The summed E-state index contributed by atoms with van der Waals surface area (Å²) in [6, 6.07) is -0.745. The molecule has 16 heavy (non-hydrogen) atoms. The lowest BCUT2D eigenvalue weighted by atomic mass is 10.2. The third kappa shape index (κ3) is 4.94. The van der Waals surface area contributed by atoms with Gasteiger partial charge in [0.15, 0.2) is 0 Å². The minimum Gasteiger partial charge on any atom is -0.480 e. The monoisotopic (exact) mass is 245 g/mol. The lowest BCUT2D eigenvalue weighted by Crippen LogP contribution is -2.38. The Balaban J connectivity index is 0.000000293. The van der Waals surface area contributed by atoms with Crippen molar-refractivity contribution >= 4 is 11.9 Å². The van der Waals surface area contributed by atoms with Gasteiger partial charge in [-0.05, 0) is 13.0 Å². The van der Waals surface area contributed by atoms with Crippen LogP contribution in [0.25, 0.3) is 0 Å². The SMILES string of the molecule is O=C(O)C(F)(F)F.O=C(O)[C@@H]1NCC[C@H]1O. The predicted octanol–water partition coefficient (Wildman–Crippen LogP) is -0.573. The first-order valence-electron chi connectivity index (χ1n) is 4.10. The van der Waals surface area contributed by atoms with Crippen LogP contribution >= 0.6 is 0 Å². The highest BCUT2D eigenvalue weighted by atomic mass is 19.4. The molecule has 94 valence electrons. The Kier molecular flexibility index (Phi) is 5.18. The molecule has 1 aliphatic rings. The van der Waals surface area contributed by atoms with Crippen molar-refractivity contribution in [2.75, 3.05) is 6.54 Å². The Hall–Kier alpha value is -1.35. The third-order valence-corrected chi connectivity index (χ3v) is 1.70. The maximum Gasteiger partial charge on any atom is 0.490 e. The number of alkyl halides is 3. The van der Waals surface area contributed by atoms with Gasteiger partial charge in [-0.25, -0.2) is 4.79 Å². The first kappa shape index (κ1) is 14.6. The second-order valence-electron chi connectivity index (χ2n) is 2.93. The summed E-state index contributed by atoms with van der Waals surface area (Å²) in [5.41, 5.74) is 0. The number of carboxylic acid groups (broad SMARTS) is 2. The summed E-state index contributed by atoms with van der Waals surface area (Å²) in [5, 5.41) is 27.1. The van der Waals surface area contributed by atoms with E-state index >= 15 is 0 Å². The van der Waals surface area contributed by atoms with Crippen molar-refractivity contribution in [3.8, 4) is 0 Å². The highest BCUT2D eigenvalue weighted by Crippen LogP contribution is 2.13. The third-order valence-electron chi connectivity index (χ3n) is 1.70. The van der Waals surface area contributed by atoms with Gasteiger partial charge in [-0.3, -0.25) is 4.79 Å². The van der Waals surface area contributed by atoms with E-state index in [0.29, 0.717) is 13.0 Å². The Labute approximate surface area is 87.7 Å². The van der Waals surface area contributed by atoms with E-state index in [9.17, 15) is 18.0 Å². The lowest BCUT2D eigenvalue weighted by Gasteiger charge is -2.06. The van der Waals surface area contributed by atoms with Gasteiger partial charge in [-0.1, -0.05) is 0 Å². The van der Waals surface area contributed by atoms with Crippen molar-refractivity contribution in [1.82, 2.24) is 5.32 Å². The highest BCUT2D eigenvalue weighted by Gasteiger charge is 2.38. The number of halogens is 3. The van der Waals surface area contributed by atoms with Crippen molar-refractivity contribution in [3.63, 3.8) is 0 Å². The highest BCUT2D eigenvalue weighted by molar-refractivity contribution is 5.74. The first-order chi connectivity index (χ1) is 7.16. The minimum absolute atomic E-state index is 0.539. The van der Waals surface area contributed by atoms with Crippen LogP contribution in [0.1, 0.15) is 6.42 Å². The fraction of sp³-hybridized carbons (Fsp3) is 0.714. The smallest absolute Gasteiger partial charge is 0.480 e. The van der Waals surface area contributed by atoms with Crippen molar-refractivity contribution in [3.05, 3.63) is 0 Å². The molecule has 1 aliphatic heterocycles. The zero-order valence-electron chi connectivity index (χ0n) is 7.86. The van der Waals surface area contributed by atoms with Crippen LogP contribution in [0, 0.1) is 0 Å². The van der Waals surface area contributed by atoms with Gasteiger partial charge in [0, 0.05) is 0 Å². The van der Waals surface area contributed by atoms with E-state index in [4.69, 9.17) is 20.1 Å². The molecule has 0 aliphatic carbocycles. The number of aliphatic carboxylic acids is 2. The molecule has 0 aromatic heterocycles. The number of hydrogen-bond acceptors (Lipinski definition) is 4. The van der Waals surface area contributed by atoms with Crippen LogP contribution in [-0.2, 0) is 9.59 Å². The topological polar surface area (TPSA) is 107 Å². The second-order valence-corrected chi connectivity index (χ2v) is 2.93. The van der Waals surface area contributed by atoms with Gasteiger partial charge in [0.25, 0.3) is 0 Å². The molecular formula is C7H10F3NO5. The number of hydrogen-bond donors (Lipinski definition) is 4. The molecule has 1 rings (SSSR count). The molecule has 1 fully saturated rings. The Bertz CT molecular complexity index is 267. The maximum atomic E-state index is 10.6. The standard InChI is InChI=1S/C5H9NO3.C2HF3O2/c7-3-1-2-6-4(3)5(8)9;3-2(4,5)1(6)7/h3-4,6-7H,1-2H2,(H,8,9);(H,6,7)/t3-,4-;/m1./s1. The lowest BCUT2D eigenvalue weighted by molar-refractivity contribution is -0.192.